The van der Waals surface area contributed by atoms with Crippen molar-refractivity contribution in [1.82, 2.24) is 0 Å². The second kappa shape index (κ2) is 6.80. The molecule has 0 unspecified atom stereocenters. The molecular formula is C24H15BrO3. The van der Waals surface area contributed by atoms with Gasteiger partial charge in [0.25, 0.3) is 0 Å². The van der Waals surface area contributed by atoms with Gasteiger partial charge in [-0.1, -0.05) is 70.5 Å². The molecule has 0 saturated carbocycles. The van der Waals surface area contributed by atoms with Crippen LogP contribution in [0.25, 0.3) is 33.1 Å². The van der Waals surface area contributed by atoms with Gasteiger partial charge in [-0.3, -0.25) is 0 Å². The zero-order chi connectivity index (χ0) is 19.1. The van der Waals surface area contributed by atoms with Crippen LogP contribution in [-0.2, 0) is 6.42 Å². The van der Waals surface area contributed by atoms with Crippen LogP contribution in [0, 0.1) is 0 Å². The second-order valence-electron chi connectivity index (χ2n) is 6.66. The monoisotopic (exact) mass is 430 g/mol. The molecule has 2 heterocycles. The van der Waals surface area contributed by atoms with Crippen LogP contribution in [0.4, 0.5) is 0 Å². The van der Waals surface area contributed by atoms with E-state index in [4.69, 9.17) is 8.83 Å². The van der Waals surface area contributed by atoms with Gasteiger partial charge in [0, 0.05) is 16.5 Å². The first-order chi connectivity index (χ1) is 13.7. The zero-order valence-corrected chi connectivity index (χ0v) is 16.4. The first-order valence-corrected chi connectivity index (χ1v) is 9.77. The molecule has 28 heavy (non-hydrogen) atoms. The van der Waals surface area contributed by atoms with E-state index >= 15 is 0 Å². The van der Waals surface area contributed by atoms with Crippen molar-refractivity contribution in [2.24, 2.45) is 0 Å². The average molecular weight is 431 g/mol. The van der Waals surface area contributed by atoms with Crippen LogP contribution >= 0.6 is 15.9 Å². The van der Waals surface area contributed by atoms with E-state index in [9.17, 15) is 4.79 Å². The summed E-state index contributed by atoms with van der Waals surface area (Å²) in [4.78, 5) is 12.9. The van der Waals surface area contributed by atoms with Crippen LogP contribution in [0.2, 0.25) is 0 Å². The quantitative estimate of drug-likeness (QED) is 0.304. The number of halogens is 1. The van der Waals surface area contributed by atoms with Crippen molar-refractivity contribution >= 4 is 37.9 Å². The van der Waals surface area contributed by atoms with Gasteiger partial charge in [0.15, 0.2) is 5.58 Å². The van der Waals surface area contributed by atoms with Gasteiger partial charge in [0.2, 0.25) is 0 Å². The first kappa shape index (κ1) is 17.0. The Labute approximate surface area is 169 Å². The van der Waals surface area contributed by atoms with Crippen molar-refractivity contribution in [2.45, 2.75) is 6.42 Å². The Balaban J connectivity index is 1.85. The maximum Gasteiger partial charge on any atom is 0.348 e. The van der Waals surface area contributed by atoms with E-state index in [1.807, 2.05) is 60.7 Å². The number of fused-ring (bicyclic) bond motifs is 3. The lowest BCUT2D eigenvalue weighted by Gasteiger charge is -2.04. The van der Waals surface area contributed by atoms with Gasteiger partial charge in [-0.05, 0) is 35.4 Å². The Morgan fingerprint density at radius 2 is 1.50 bits per heavy atom. The molecule has 0 spiro atoms. The molecule has 5 rings (SSSR count). The fraction of sp³-hybridized carbons (Fsp3) is 0.0417. The van der Waals surface area contributed by atoms with E-state index in [-0.39, 0.29) is 5.63 Å². The van der Waals surface area contributed by atoms with Gasteiger partial charge >= 0.3 is 5.63 Å². The molecule has 3 aromatic carbocycles. The minimum absolute atomic E-state index is 0.380. The molecule has 0 fully saturated rings. The summed E-state index contributed by atoms with van der Waals surface area (Å²) in [5.74, 6) is 0.757. The highest BCUT2D eigenvalue weighted by atomic mass is 79.9. The minimum Gasteiger partial charge on any atom is -0.459 e. The largest absolute Gasteiger partial charge is 0.459 e. The summed E-state index contributed by atoms with van der Waals surface area (Å²) in [7, 11) is 0. The number of para-hydroxylation sites is 1. The van der Waals surface area contributed by atoms with Crippen LogP contribution in [0.1, 0.15) is 11.3 Å². The third-order valence-electron chi connectivity index (χ3n) is 4.86. The van der Waals surface area contributed by atoms with Crippen molar-refractivity contribution in [2.75, 3.05) is 0 Å². The van der Waals surface area contributed by atoms with Crippen LogP contribution in [-0.4, -0.2) is 0 Å². The van der Waals surface area contributed by atoms with E-state index in [1.54, 1.807) is 6.07 Å². The Kier molecular flexibility index (Phi) is 4.14. The molecule has 5 aromatic rings. The van der Waals surface area contributed by atoms with Gasteiger partial charge in [0.1, 0.15) is 16.7 Å². The zero-order valence-electron chi connectivity index (χ0n) is 14.8. The lowest BCUT2D eigenvalue weighted by molar-refractivity contribution is 0.553. The van der Waals surface area contributed by atoms with Crippen molar-refractivity contribution in [3.05, 3.63) is 105 Å². The van der Waals surface area contributed by atoms with E-state index in [2.05, 4.69) is 28.1 Å². The molecular weight excluding hydrogens is 416 g/mol. The molecule has 0 N–H and O–H groups in total. The summed E-state index contributed by atoms with van der Waals surface area (Å²) in [5, 5.41) is 1.29. The van der Waals surface area contributed by atoms with Crippen LogP contribution < -0.4 is 5.63 Å². The standard InChI is InChI=1S/C24H15BrO3/c25-17-12-10-16(11-13-17)21-20(14-15-6-2-1-3-7-15)27-23-18-8-4-5-9-19(18)28-24(26)22(21)23/h1-13H,14H2. The third kappa shape index (κ3) is 2.86. The van der Waals surface area contributed by atoms with Crippen LogP contribution in [0.15, 0.2) is 97.0 Å². The van der Waals surface area contributed by atoms with E-state index in [0.29, 0.717) is 23.0 Å². The first-order valence-electron chi connectivity index (χ1n) is 8.98. The molecule has 0 aliphatic heterocycles. The predicted molar refractivity (Wildman–Crippen MR) is 115 cm³/mol. The maximum absolute atomic E-state index is 12.9. The lowest BCUT2D eigenvalue weighted by atomic mass is 9.99. The normalized spacial score (nSPS) is 11.3. The highest BCUT2D eigenvalue weighted by Crippen LogP contribution is 2.37. The van der Waals surface area contributed by atoms with Crippen LogP contribution in [0.5, 0.6) is 0 Å². The number of furan rings is 1. The highest BCUT2D eigenvalue weighted by molar-refractivity contribution is 9.10. The molecule has 0 aliphatic carbocycles. The molecule has 0 bridgehead atoms. The predicted octanol–water partition coefficient (Wildman–Crippen LogP) is 6.56. The molecule has 3 nitrogen and oxygen atoms in total. The van der Waals surface area contributed by atoms with E-state index < -0.39 is 0 Å². The molecule has 136 valence electrons. The number of hydrogen-bond acceptors (Lipinski definition) is 3. The SMILES string of the molecule is O=c1oc2ccccc2c2oc(Cc3ccccc3)c(-c3ccc(Br)cc3)c12. The summed E-state index contributed by atoms with van der Waals surface area (Å²) >= 11 is 3.47. The molecule has 0 radical (unpaired) electrons. The molecule has 0 aliphatic rings. The third-order valence-corrected chi connectivity index (χ3v) is 5.39. The smallest absolute Gasteiger partial charge is 0.348 e. The van der Waals surface area contributed by atoms with Gasteiger partial charge in [-0.25, -0.2) is 4.79 Å². The van der Waals surface area contributed by atoms with Crippen molar-refractivity contribution < 1.29 is 8.83 Å². The summed E-state index contributed by atoms with van der Waals surface area (Å²) in [6, 6.07) is 25.5. The highest BCUT2D eigenvalue weighted by Gasteiger charge is 2.22. The molecule has 0 amide bonds. The number of rotatable bonds is 3. The Bertz CT molecular complexity index is 1350. The second-order valence-corrected chi connectivity index (χ2v) is 7.57. The van der Waals surface area contributed by atoms with E-state index in [1.165, 1.54) is 0 Å². The average Bonchev–Trinajstić information content (AvgIpc) is 3.09. The molecule has 0 atom stereocenters. The Hall–Kier alpha value is -3.11. The van der Waals surface area contributed by atoms with E-state index in [0.717, 1.165) is 32.3 Å². The van der Waals surface area contributed by atoms with Gasteiger partial charge < -0.3 is 8.83 Å². The van der Waals surface area contributed by atoms with Gasteiger partial charge in [-0.15, -0.1) is 0 Å². The molecule has 4 heteroatoms. The van der Waals surface area contributed by atoms with Crippen LogP contribution in [0.3, 0.4) is 0 Å². The minimum atomic E-state index is -0.380. The Morgan fingerprint density at radius 3 is 2.29 bits per heavy atom. The van der Waals surface area contributed by atoms with Gasteiger partial charge in [0.05, 0.1) is 5.39 Å². The Morgan fingerprint density at radius 1 is 0.786 bits per heavy atom. The summed E-state index contributed by atoms with van der Waals surface area (Å²) in [6.45, 7) is 0. The summed E-state index contributed by atoms with van der Waals surface area (Å²) in [6.07, 6.45) is 0.592. The van der Waals surface area contributed by atoms with Gasteiger partial charge in [-0.2, -0.15) is 0 Å². The fourth-order valence-electron chi connectivity index (χ4n) is 3.58. The lowest BCUT2D eigenvalue weighted by Crippen LogP contribution is -2.00. The maximum atomic E-state index is 12.9. The molecule has 2 aromatic heterocycles. The number of hydrogen-bond donors (Lipinski definition) is 0. The molecule has 0 saturated heterocycles. The van der Waals surface area contributed by atoms with Crippen molar-refractivity contribution in [3.8, 4) is 11.1 Å². The topological polar surface area (TPSA) is 43.4 Å². The van der Waals surface area contributed by atoms with Crippen molar-refractivity contribution in [3.63, 3.8) is 0 Å². The van der Waals surface area contributed by atoms with Crippen molar-refractivity contribution in [1.29, 1.82) is 0 Å². The summed E-state index contributed by atoms with van der Waals surface area (Å²) in [5.41, 5.74) is 3.57. The fourth-order valence-corrected chi connectivity index (χ4v) is 3.85. The summed E-state index contributed by atoms with van der Waals surface area (Å²) < 4.78 is 12.9. The number of benzene rings is 3.